The molecule has 5 rings (SSSR count). The molecule has 2 N–H and O–H groups in total. The number of rotatable bonds is 5. The average Bonchev–Trinajstić information content (AvgIpc) is 2.92. The number of para-hydroxylation sites is 1. The quantitative estimate of drug-likeness (QED) is 0.244. The van der Waals surface area contributed by atoms with E-state index in [1.165, 1.54) is 14.2 Å². The minimum Gasteiger partial charge on any atom is -0.493 e. The van der Waals surface area contributed by atoms with E-state index in [0.717, 1.165) is 0 Å². The normalized spacial score (nSPS) is 14.4. The van der Waals surface area contributed by atoms with Gasteiger partial charge in [0.05, 0.1) is 36.7 Å². The van der Waals surface area contributed by atoms with Gasteiger partial charge in [0.2, 0.25) is 11.6 Å². The monoisotopic (exact) mass is 496 g/mol. The van der Waals surface area contributed by atoms with Crippen molar-refractivity contribution in [3.05, 3.63) is 105 Å². The van der Waals surface area contributed by atoms with Crippen LogP contribution in [0.3, 0.4) is 0 Å². The Balaban J connectivity index is 1.69. The largest absolute Gasteiger partial charge is 0.493 e. The molecule has 0 saturated carbocycles. The summed E-state index contributed by atoms with van der Waals surface area (Å²) in [5.74, 6) is -1.19. The minimum atomic E-state index is -0.962. The zero-order valence-corrected chi connectivity index (χ0v) is 19.8. The zero-order valence-electron chi connectivity index (χ0n) is 19.8. The Morgan fingerprint density at radius 3 is 2.30 bits per heavy atom. The maximum absolute atomic E-state index is 13.2. The number of hydrogen-bond acceptors (Lipinski definition) is 9. The SMILES string of the molecule is COc1cc([C@H]2C(C#N)=C(N)Oc3c2c(=O)oc2ccccc32)cc(OC)c1OC(=O)c1ccccc1. The lowest BCUT2D eigenvalue weighted by molar-refractivity contribution is 0.0724. The molecule has 0 spiro atoms. The highest BCUT2D eigenvalue weighted by molar-refractivity contribution is 5.92. The molecular weight excluding hydrogens is 476 g/mol. The number of nitrogens with two attached hydrogens (primary N) is 1. The van der Waals surface area contributed by atoms with Gasteiger partial charge in [0.25, 0.3) is 0 Å². The molecule has 0 amide bonds. The summed E-state index contributed by atoms with van der Waals surface area (Å²) in [6.45, 7) is 0. The van der Waals surface area contributed by atoms with Gasteiger partial charge in [0, 0.05) is 0 Å². The number of allylic oxidation sites excluding steroid dienone is 1. The number of nitrogens with zero attached hydrogens (tertiary/aromatic N) is 1. The van der Waals surface area contributed by atoms with E-state index in [1.54, 1.807) is 66.7 Å². The molecule has 0 radical (unpaired) electrons. The fourth-order valence-corrected chi connectivity index (χ4v) is 4.29. The van der Waals surface area contributed by atoms with Gasteiger partial charge in [-0.1, -0.05) is 30.3 Å². The van der Waals surface area contributed by atoms with Gasteiger partial charge in [-0.15, -0.1) is 0 Å². The van der Waals surface area contributed by atoms with Crippen LogP contribution in [-0.2, 0) is 0 Å². The van der Waals surface area contributed by atoms with E-state index < -0.39 is 17.5 Å². The van der Waals surface area contributed by atoms with Crippen molar-refractivity contribution in [3.63, 3.8) is 0 Å². The summed E-state index contributed by atoms with van der Waals surface area (Å²) in [4.78, 5) is 25.9. The second kappa shape index (κ2) is 9.43. The van der Waals surface area contributed by atoms with Crippen LogP contribution in [0, 0.1) is 11.3 Å². The summed E-state index contributed by atoms with van der Waals surface area (Å²) < 4.78 is 28.0. The van der Waals surface area contributed by atoms with E-state index in [9.17, 15) is 14.9 Å². The Morgan fingerprint density at radius 1 is 1.00 bits per heavy atom. The fraction of sp³-hybridized carbons (Fsp3) is 0.107. The first kappa shape index (κ1) is 23.5. The van der Waals surface area contributed by atoms with Gasteiger partial charge in [-0.05, 0) is 42.0 Å². The van der Waals surface area contributed by atoms with Crippen molar-refractivity contribution in [1.82, 2.24) is 0 Å². The number of methoxy groups -OCH3 is 2. The van der Waals surface area contributed by atoms with E-state index in [1.807, 2.05) is 6.07 Å². The van der Waals surface area contributed by atoms with E-state index in [0.29, 0.717) is 22.1 Å². The van der Waals surface area contributed by atoms with Crippen molar-refractivity contribution < 1.29 is 28.2 Å². The van der Waals surface area contributed by atoms with Crippen LogP contribution in [0.4, 0.5) is 0 Å². The lowest BCUT2D eigenvalue weighted by atomic mass is 9.83. The van der Waals surface area contributed by atoms with Gasteiger partial charge in [0.1, 0.15) is 17.2 Å². The van der Waals surface area contributed by atoms with Crippen LogP contribution < -0.4 is 30.3 Å². The zero-order chi connectivity index (χ0) is 26.1. The van der Waals surface area contributed by atoms with Crippen LogP contribution in [0.25, 0.3) is 11.0 Å². The Bertz CT molecular complexity index is 1640. The van der Waals surface area contributed by atoms with Gasteiger partial charge < -0.3 is 29.1 Å². The summed E-state index contributed by atoms with van der Waals surface area (Å²) in [7, 11) is 2.79. The molecule has 4 aromatic rings. The Labute approximate surface area is 210 Å². The number of benzene rings is 3. The van der Waals surface area contributed by atoms with Gasteiger partial charge in [-0.3, -0.25) is 0 Å². The number of ether oxygens (including phenoxy) is 4. The third-order valence-electron chi connectivity index (χ3n) is 5.99. The minimum absolute atomic E-state index is 0.00761. The molecule has 0 saturated heterocycles. The fourth-order valence-electron chi connectivity index (χ4n) is 4.29. The predicted molar refractivity (Wildman–Crippen MR) is 133 cm³/mol. The van der Waals surface area contributed by atoms with Crippen molar-refractivity contribution in [2.45, 2.75) is 5.92 Å². The molecule has 0 bridgehead atoms. The number of carbonyl (C=O) groups excluding carboxylic acids is 1. The molecule has 0 unspecified atom stereocenters. The second-order valence-corrected chi connectivity index (χ2v) is 8.06. The second-order valence-electron chi connectivity index (χ2n) is 8.06. The lowest BCUT2D eigenvalue weighted by Gasteiger charge is -2.26. The molecule has 3 aromatic carbocycles. The summed E-state index contributed by atoms with van der Waals surface area (Å²) in [6, 6.07) is 20.4. The van der Waals surface area contributed by atoms with Gasteiger partial charge in [0.15, 0.2) is 17.2 Å². The topological polar surface area (TPSA) is 134 Å². The molecule has 37 heavy (non-hydrogen) atoms. The van der Waals surface area contributed by atoms with E-state index in [-0.39, 0.29) is 40.0 Å². The Hall–Kier alpha value is -5.23. The molecule has 1 aliphatic heterocycles. The number of fused-ring (bicyclic) bond motifs is 3. The highest BCUT2D eigenvalue weighted by Gasteiger charge is 2.36. The summed E-state index contributed by atoms with van der Waals surface area (Å²) in [5.41, 5.74) is 6.64. The molecule has 2 heterocycles. The number of hydrogen-bond donors (Lipinski definition) is 1. The van der Waals surface area contributed by atoms with Crippen LogP contribution in [0.1, 0.15) is 27.4 Å². The van der Waals surface area contributed by atoms with Crippen LogP contribution in [0.5, 0.6) is 23.0 Å². The summed E-state index contributed by atoms with van der Waals surface area (Å²) >= 11 is 0. The van der Waals surface area contributed by atoms with E-state index in [2.05, 4.69) is 0 Å². The van der Waals surface area contributed by atoms with Gasteiger partial charge in [-0.25, -0.2) is 9.59 Å². The number of carbonyl (C=O) groups is 1. The Morgan fingerprint density at radius 2 is 1.65 bits per heavy atom. The van der Waals surface area contributed by atoms with Crippen molar-refractivity contribution in [3.8, 4) is 29.1 Å². The van der Waals surface area contributed by atoms with Crippen molar-refractivity contribution in [2.75, 3.05) is 14.2 Å². The molecule has 184 valence electrons. The van der Waals surface area contributed by atoms with E-state index >= 15 is 0 Å². The Kier molecular flexibility index (Phi) is 5.99. The first-order chi connectivity index (χ1) is 18.0. The smallest absolute Gasteiger partial charge is 0.344 e. The van der Waals surface area contributed by atoms with Gasteiger partial charge >= 0.3 is 11.6 Å². The molecule has 0 aliphatic carbocycles. The predicted octanol–water partition coefficient (Wildman–Crippen LogP) is 4.25. The maximum atomic E-state index is 13.2. The first-order valence-corrected chi connectivity index (χ1v) is 11.1. The van der Waals surface area contributed by atoms with Crippen molar-refractivity contribution >= 4 is 16.9 Å². The highest BCUT2D eigenvalue weighted by Crippen LogP contribution is 2.47. The molecular formula is C28H20N2O7. The maximum Gasteiger partial charge on any atom is 0.344 e. The molecule has 1 aliphatic rings. The molecule has 9 nitrogen and oxygen atoms in total. The number of esters is 1. The molecule has 1 atom stereocenters. The van der Waals surface area contributed by atoms with Crippen LogP contribution in [0.2, 0.25) is 0 Å². The molecule has 0 fully saturated rings. The third-order valence-corrected chi connectivity index (χ3v) is 5.99. The summed E-state index contributed by atoms with van der Waals surface area (Å²) in [6.07, 6.45) is 0. The third kappa shape index (κ3) is 4.00. The summed E-state index contributed by atoms with van der Waals surface area (Å²) in [5, 5.41) is 10.5. The first-order valence-electron chi connectivity index (χ1n) is 11.1. The van der Waals surface area contributed by atoms with Crippen molar-refractivity contribution in [1.29, 1.82) is 5.26 Å². The molecule has 9 heteroatoms. The van der Waals surface area contributed by atoms with Gasteiger partial charge in [-0.2, -0.15) is 5.26 Å². The van der Waals surface area contributed by atoms with Crippen LogP contribution in [-0.4, -0.2) is 20.2 Å². The molecule has 1 aromatic heterocycles. The number of nitriles is 1. The van der Waals surface area contributed by atoms with Crippen LogP contribution in [0.15, 0.2) is 87.4 Å². The van der Waals surface area contributed by atoms with Crippen molar-refractivity contribution in [2.24, 2.45) is 5.73 Å². The highest BCUT2D eigenvalue weighted by atomic mass is 16.6. The van der Waals surface area contributed by atoms with E-state index in [4.69, 9.17) is 29.1 Å². The van der Waals surface area contributed by atoms with Crippen LogP contribution >= 0.6 is 0 Å². The standard InChI is InChI=1S/C28H20N2O7/c1-33-20-12-16(13-21(34-2)25(20)37-27(31)15-8-4-3-5-9-15)22-18(14-29)26(30)36-24-17-10-6-7-11-19(17)35-28(32)23(22)24/h3-13,22H,30H2,1-2H3/t22-/m0/s1. The average molecular weight is 496 g/mol. The lowest BCUT2D eigenvalue weighted by Crippen LogP contribution is -2.26.